The minimum absolute atomic E-state index is 0.690. The molecule has 0 amide bonds. The third-order valence-electron chi connectivity index (χ3n) is 1.52. The van der Waals surface area contributed by atoms with Crippen LogP contribution in [0, 0.1) is 18.3 Å². The molecule has 0 unspecified atom stereocenters. The van der Waals surface area contributed by atoms with Gasteiger partial charge in [0, 0.05) is 12.2 Å². The van der Waals surface area contributed by atoms with E-state index in [1.54, 1.807) is 12.1 Å². The Balaban J connectivity index is 2.60. The molecule has 2 nitrogen and oxygen atoms in total. The summed E-state index contributed by atoms with van der Waals surface area (Å²) in [5.41, 5.74) is 1.73. The Morgan fingerprint density at radius 1 is 1.33 bits per heavy atom. The average Bonchev–Trinajstić information content (AvgIpc) is 2.15. The molecule has 0 saturated carbocycles. The Morgan fingerprint density at radius 3 is 2.50 bits per heavy atom. The van der Waals surface area contributed by atoms with Crippen molar-refractivity contribution in [3.63, 3.8) is 0 Å². The highest BCUT2D eigenvalue weighted by molar-refractivity contribution is 5.46. The zero-order valence-electron chi connectivity index (χ0n) is 6.88. The molecule has 0 spiro atoms. The topological polar surface area (TPSA) is 35.8 Å². The molecule has 12 heavy (non-hydrogen) atoms. The van der Waals surface area contributed by atoms with Crippen LogP contribution in [0.5, 0.6) is 0 Å². The molecule has 1 N–H and O–H groups in total. The molecule has 0 saturated heterocycles. The van der Waals surface area contributed by atoms with Gasteiger partial charge in [0.2, 0.25) is 0 Å². The van der Waals surface area contributed by atoms with E-state index in [0.717, 1.165) is 18.7 Å². The molecule has 1 aromatic rings. The molecule has 0 aliphatic heterocycles. The van der Waals surface area contributed by atoms with Crippen LogP contribution in [-0.4, -0.2) is 6.54 Å². The third kappa shape index (κ3) is 2.28. The summed E-state index contributed by atoms with van der Waals surface area (Å²) in [4.78, 5) is 0. The number of nitriles is 1. The first-order chi connectivity index (χ1) is 5.86. The monoisotopic (exact) mass is 159 g/mol. The van der Waals surface area contributed by atoms with E-state index < -0.39 is 0 Å². The van der Waals surface area contributed by atoms with Crippen molar-refractivity contribution in [1.82, 2.24) is 0 Å². The molecule has 0 aliphatic carbocycles. The first-order valence-electron chi connectivity index (χ1n) is 3.90. The molecule has 0 bridgehead atoms. The van der Waals surface area contributed by atoms with Crippen molar-refractivity contribution in [3.05, 3.63) is 36.8 Å². The van der Waals surface area contributed by atoms with Gasteiger partial charge in [-0.2, -0.15) is 5.26 Å². The summed E-state index contributed by atoms with van der Waals surface area (Å²) in [5.74, 6) is 0. The fraction of sp³-hybridized carbons (Fsp3) is 0.200. The summed E-state index contributed by atoms with van der Waals surface area (Å²) in [7, 11) is 0. The van der Waals surface area contributed by atoms with Crippen LogP contribution in [0.15, 0.2) is 24.3 Å². The van der Waals surface area contributed by atoms with E-state index in [2.05, 4.69) is 18.3 Å². The average molecular weight is 159 g/mol. The van der Waals surface area contributed by atoms with Gasteiger partial charge in [-0.25, -0.2) is 0 Å². The van der Waals surface area contributed by atoms with Gasteiger partial charge < -0.3 is 5.32 Å². The lowest BCUT2D eigenvalue weighted by molar-refractivity contribution is 1.07. The third-order valence-corrected chi connectivity index (χ3v) is 1.52. The SMILES string of the molecule is [CH2]CCNc1ccc(C#N)cc1. The van der Waals surface area contributed by atoms with Crippen LogP contribution in [0.2, 0.25) is 0 Å². The van der Waals surface area contributed by atoms with Crippen molar-refractivity contribution in [2.45, 2.75) is 6.42 Å². The molecular weight excluding hydrogens is 148 g/mol. The molecule has 1 aromatic carbocycles. The summed E-state index contributed by atoms with van der Waals surface area (Å²) in [6.07, 6.45) is 0.861. The van der Waals surface area contributed by atoms with Crippen molar-refractivity contribution in [1.29, 1.82) is 5.26 Å². The van der Waals surface area contributed by atoms with E-state index in [0.29, 0.717) is 5.56 Å². The Bertz CT molecular complexity index is 269. The Labute approximate surface area is 72.8 Å². The van der Waals surface area contributed by atoms with Gasteiger partial charge in [-0.1, -0.05) is 6.92 Å². The summed E-state index contributed by atoms with van der Waals surface area (Å²) in [6.45, 7) is 4.59. The summed E-state index contributed by atoms with van der Waals surface area (Å²) in [6, 6.07) is 9.46. The lowest BCUT2D eigenvalue weighted by atomic mass is 10.2. The van der Waals surface area contributed by atoms with Crippen LogP contribution in [0.4, 0.5) is 5.69 Å². The van der Waals surface area contributed by atoms with Crippen LogP contribution in [0.25, 0.3) is 0 Å². The zero-order chi connectivity index (χ0) is 8.81. The number of anilines is 1. The number of rotatable bonds is 3. The highest BCUT2D eigenvalue weighted by atomic mass is 14.9. The Kier molecular flexibility index (Phi) is 3.16. The van der Waals surface area contributed by atoms with Gasteiger partial charge in [-0.15, -0.1) is 0 Å². The van der Waals surface area contributed by atoms with Crippen molar-refractivity contribution in [2.75, 3.05) is 11.9 Å². The fourth-order valence-electron chi connectivity index (χ4n) is 0.895. The second kappa shape index (κ2) is 4.40. The van der Waals surface area contributed by atoms with Crippen LogP contribution in [0.1, 0.15) is 12.0 Å². The van der Waals surface area contributed by atoms with E-state index in [9.17, 15) is 0 Å². The van der Waals surface area contributed by atoms with Gasteiger partial charge in [0.05, 0.1) is 11.6 Å². The molecule has 2 heteroatoms. The van der Waals surface area contributed by atoms with E-state index in [4.69, 9.17) is 5.26 Å². The largest absolute Gasteiger partial charge is 0.385 e. The lowest BCUT2D eigenvalue weighted by Crippen LogP contribution is -1.98. The highest BCUT2D eigenvalue weighted by Crippen LogP contribution is 2.07. The van der Waals surface area contributed by atoms with Crippen molar-refractivity contribution in [2.24, 2.45) is 0 Å². The predicted molar refractivity (Wildman–Crippen MR) is 49.6 cm³/mol. The van der Waals surface area contributed by atoms with Crippen LogP contribution in [-0.2, 0) is 0 Å². The van der Waals surface area contributed by atoms with Crippen molar-refractivity contribution >= 4 is 5.69 Å². The maximum atomic E-state index is 8.52. The Morgan fingerprint density at radius 2 is 2.00 bits per heavy atom. The van der Waals surface area contributed by atoms with Crippen molar-refractivity contribution in [3.8, 4) is 6.07 Å². The second-order valence-corrected chi connectivity index (χ2v) is 2.47. The second-order valence-electron chi connectivity index (χ2n) is 2.47. The predicted octanol–water partition coefficient (Wildman–Crippen LogP) is 2.19. The quantitative estimate of drug-likeness (QED) is 0.733. The van der Waals surface area contributed by atoms with E-state index in [1.165, 1.54) is 0 Å². The summed E-state index contributed by atoms with van der Waals surface area (Å²) in [5, 5.41) is 11.7. The van der Waals surface area contributed by atoms with Crippen molar-refractivity contribution < 1.29 is 0 Å². The van der Waals surface area contributed by atoms with E-state index >= 15 is 0 Å². The van der Waals surface area contributed by atoms with Gasteiger partial charge in [-0.05, 0) is 30.7 Å². The number of hydrogen-bond acceptors (Lipinski definition) is 2. The van der Waals surface area contributed by atoms with Gasteiger partial charge >= 0.3 is 0 Å². The molecular formula is C10H11N2. The fourth-order valence-corrected chi connectivity index (χ4v) is 0.895. The highest BCUT2D eigenvalue weighted by Gasteiger charge is 1.90. The molecule has 61 valence electrons. The molecule has 0 heterocycles. The van der Waals surface area contributed by atoms with Crippen LogP contribution >= 0.6 is 0 Å². The number of nitrogens with zero attached hydrogens (tertiary/aromatic N) is 1. The van der Waals surface area contributed by atoms with Gasteiger partial charge in [0.25, 0.3) is 0 Å². The molecule has 1 radical (unpaired) electrons. The molecule has 0 aromatic heterocycles. The molecule has 0 aliphatic rings. The number of hydrogen-bond donors (Lipinski definition) is 1. The summed E-state index contributed by atoms with van der Waals surface area (Å²) < 4.78 is 0. The van der Waals surface area contributed by atoms with E-state index in [1.807, 2.05) is 12.1 Å². The molecule has 1 rings (SSSR count). The van der Waals surface area contributed by atoms with Gasteiger partial charge in [0.1, 0.15) is 0 Å². The lowest BCUT2D eigenvalue weighted by Gasteiger charge is -2.02. The van der Waals surface area contributed by atoms with Crippen LogP contribution in [0.3, 0.4) is 0 Å². The number of benzene rings is 1. The minimum atomic E-state index is 0.690. The van der Waals surface area contributed by atoms with E-state index in [-0.39, 0.29) is 0 Å². The van der Waals surface area contributed by atoms with Gasteiger partial charge in [-0.3, -0.25) is 0 Å². The molecule has 0 fully saturated rings. The van der Waals surface area contributed by atoms with Crippen LogP contribution < -0.4 is 5.32 Å². The summed E-state index contributed by atoms with van der Waals surface area (Å²) >= 11 is 0. The smallest absolute Gasteiger partial charge is 0.0991 e. The first kappa shape index (κ1) is 8.61. The zero-order valence-corrected chi connectivity index (χ0v) is 6.88. The Hall–Kier alpha value is -1.49. The standard InChI is InChI=1S/C10H11N2/c1-2-7-12-10-5-3-9(8-11)4-6-10/h3-6,12H,1-2,7H2. The maximum absolute atomic E-state index is 8.52. The number of nitrogens with one attached hydrogen (secondary N) is 1. The molecule has 0 atom stereocenters. The normalized spacial score (nSPS) is 9.00. The maximum Gasteiger partial charge on any atom is 0.0991 e. The first-order valence-corrected chi connectivity index (χ1v) is 3.90. The minimum Gasteiger partial charge on any atom is -0.385 e. The van der Waals surface area contributed by atoms with Gasteiger partial charge in [0.15, 0.2) is 0 Å².